The van der Waals surface area contributed by atoms with Gasteiger partial charge < -0.3 is 5.32 Å². The van der Waals surface area contributed by atoms with E-state index in [4.69, 9.17) is 5.53 Å². The molecule has 0 fully saturated rings. The highest BCUT2D eigenvalue weighted by Gasteiger charge is 1.89. The third kappa shape index (κ3) is 2.99. The van der Waals surface area contributed by atoms with Crippen molar-refractivity contribution < 1.29 is 4.79 Å². The molecule has 0 aliphatic heterocycles. The molecule has 0 aliphatic rings. The number of nitrogens with zero attached hydrogens (tertiary/aromatic N) is 3. The molecule has 0 radical (unpaired) electrons. The minimum Gasteiger partial charge on any atom is -0.359 e. The SMILES string of the molecule is CNC(=O)CN=[N+]=[N-]. The quantitative estimate of drug-likeness (QED) is 0.307. The van der Waals surface area contributed by atoms with Crippen molar-refractivity contribution in [2.75, 3.05) is 13.6 Å². The van der Waals surface area contributed by atoms with Gasteiger partial charge in [-0.15, -0.1) is 0 Å². The fourth-order valence-electron chi connectivity index (χ4n) is 0.175. The number of amides is 1. The number of likely N-dealkylation sites (N-methyl/N-ethyl adjacent to an activating group) is 1. The largest absolute Gasteiger partial charge is 0.359 e. The number of carbonyl (C=O) groups excluding carboxylic acids is 1. The van der Waals surface area contributed by atoms with Crippen LogP contribution in [-0.4, -0.2) is 19.5 Å². The summed E-state index contributed by atoms with van der Waals surface area (Å²) in [4.78, 5) is 12.6. The minimum absolute atomic E-state index is 0.118. The summed E-state index contributed by atoms with van der Waals surface area (Å²) in [6, 6.07) is 0. The van der Waals surface area contributed by atoms with Crippen LogP contribution in [0.15, 0.2) is 5.11 Å². The van der Waals surface area contributed by atoms with Gasteiger partial charge in [-0.1, -0.05) is 5.11 Å². The van der Waals surface area contributed by atoms with Crippen molar-refractivity contribution in [2.24, 2.45) is 5.11 Å². The Morgan fingerprint density at radius 3 is 3.00 bits per heavy atom. The van der Waals surface area contributed by atoms with Crippen LogP contribution in [0.25, 0.3) is 10.4 Å². The van der Waals surface area contributed by atoms with Crippen LogP contribution in [0.3, 0.4) is 0 Å². The first-order chi connectivity index (χ1) is 3.81. The van der Waals surface area contributed by atoms with Crippen LogP contribution in [-0.2, 0) is 4.79 Å². The van der Waals surface area contributed by atoms with Crippen LogP contribution >= 0.6 is 0 Å². The molecule has 1 N–H and O–H groups in total. The lowest BCUT2D eigenvalue weighted by Crippen LogP contribution is -2.19. The lowest BCUT2D eigenvalue weighted by molar-refractivity contribution is -0.119. The number of hydrogen-bond donors (Lipinski definition) is 1. The Balaban J connectivity index is 3.39. The van der Waals surface area contributed by atoms with Crippen LogP contribution in [0.4, 0.5) is 0 Å². The zero-order valence-electron chi connectivity index (χ0n) is 4.46. The van der Waals surface area contributed by atoms with E-state index in [-0.39, 0.29) is 12.5 Å². The number of nitrogens with one attached hydrogen (secondary N) is 1. The first-order valence-electron chi connectivity index (χ1n) is 2.02. The Morgan fingerprint density at radius 1 is 2.00 bits per heavy atom. The van der Waals surface area contributed by atoms with Crippen molar-refractivity contribution >= 4 is 5.91 Å². The van der Waals surface area contributed by atoms with E-state index in [2.05, 4.69) is 15.3 Å². The monoisotopic (exact) mass is 114 g/mol. The van der Waals surface area contributed by atoms with Crippen molar-refractivity contribution in [3.63, 3.8) is 0 Å². The lowest BCUT2D eigenvalue weighted by atomic mass is 10.6. The summed E-state index contributed by atoms with van der Waals surface area (Å²) < 4.78 is 0. The van der Waals surface area contributed by atoms with Crippen LogP contribution in [0.2, 0.25) is 0 Å². The molecule has 0 saturated heterocycles. The second-order valence-corrected chi connectivity index (χ2v) is 1.06. The molecule has 5 nitrogen and oxygen atoms in total. The molecule has 0 saturated carbocycles. The molecule has 1 amide bonds. The van der Waals surface area contributed by atoms with Crippen LogP contribution in [0, 0.1) is 0 Å². The molecule has 0 rings (SSSR count). The van der Waals surface area contributed by atoms with E-state index in [0.717, 1.165) is 0 Å². The van der Waals surface area contributed by atoms with E-state index in [1.807, 2.05) is 0 Å². The smallest absolute Gasteiger partial charge is 0.225 e. The van der Waals surface area contributed by atoms with Gasteiger partial charge in [-0.2, -0.15) is 0 Å². The summed E-state index contributed by atoms with van der Waals surface area (Å²) in [7, 11) is 1.48. The summed E-state index contributed by atoms with van der Waals surface area (Å²) in [5.74, 6) is -0.275. The van der Waals surface area contributed by atoms with E-state index < -0.39 is 0 Å². The molecule has 0 aromatic carbocycles. The minimum atomic E-state index is -0.275. The molecule has 0 bridgehead atoms. The zero-order chi connectivity index (χ0) is 6.41. The van der Waals surface area contributed by atoms with Crippen molar-refractivity contribution in [1.82, 2.24) is 5.32 Å². The van der Waals surface area contributed by atoms with E-state index in [0.29, 0.717) is 0 Å². The molecule has 0 aliphatic carbocycles. The molecule has 0 heterocycles. The van der Waals surface area contributed by atoms with Crippen molar-refractivity contribution in [2.45, 2.75) is 0 Å². The number of rotatable bonds is 2. The summed E-state index contributed by atoms with van der Waals surface area (Å²) >= 11 is 0. The van der Waals surface area contributed by atoms with Gasteiger partial charge >= 0.3 is 0 Å². The van der Waals surface area contributed by atoms with E-state index in [9.17, 15) is 4.79 Å². The second-order valence-electron chi connectivity index (χ2n) is 1.06. The van der Waals surface area contributed by atoms with Crippen molar-refractivity contribution in [3.05, 3.63) is 10.4 Å². The van der Waals surface area contributed by atoms with Gasteiger partial charge in [-0.3, -0.25) is 4.79 Å². The Bertz CT molecular complexity index is 125. The van der Waals surface area contributed by atoms with Crippen LogP contribution in [0.1, 0.15) is 0 Å². The number of hydrogen-bond acceptors (Lipinski definition) is 2. The molecular weight excluding hydrogens is 108 g/mol. The highest BCUT2D eigenvalue weighted by Crippen LogP contribution is 1.68. The Morgan fingerprint density at radius 2 is 2.62 bits per heavy atom. The maximum absolute atomic E-state index is 10.2. The molecule has 0 aromatic rings. The van der Waals surface area contributed by atoms with E-state index >= 15 is 0 Å². The predicted molar refractivity (Wildman–Crippen MR) is 28.1 cm³/mol. The maximum Gasteiger partial charge on any atom is 0.225 e. The normalized spacial score (nSPS) is 7.12. The summed E-state index contributed by atoms with van der Waals surface area (Å²) in [6.07, 6.45) is 0. The van der Waals surface area contributed by atoms with Crippen molar-refractivity contribution in [3.8, 4) is 0 Å². The fraction of sp³-hybridized carbons (Fsp3) is 0.667. The van der Waals surface area contributed by atoms with Gasteiger partial charge in [0.25, 0.3) is 0 Å². The molecule has 44 valence electrons. The first-order valence-corrected chi connectivity index (χ1v) is 2.02. The average Bonchev–Trinajstić information content (AvgIpc) is 1.83. The Kier molecular flexibility index (Phi) is 3.35. The van der Waals surface area contributed by atoms with Gasteiger partial charge in [0, 0.05) is 12.0 Å². The predicted octanol–water partition coefficient (Wildman–Crippen LogP) is 0.0427. The molecule has 0 atom stereocenters. The van der Waals surface area contributed by atoms with Gasteiger partial charge in [0.1, 0.15) is 6.54 Å². The van der Waals surface area contributed by atoms with Crippen molar-refractivity contribution in [1.29, 1.82) is 0 Å². The first kappa shape index (κ1) is 6.78. The average molecular weight is 114 g/mol. The van der Waals surface area contributed by atoms with Gasteiger partial charge in [0.15, 0.2) is 0 Å². The Labute approximate surface area is 46.3 Å². The molecular formula is C3H6N4O. The molecule has 0 aromatic heterocycles. The number of carbonyl (C=O) groups is 1. The fourth-order valence-corrected chi connectivity index (χ4v) is 0.175. The second kappa shape index (κ2) is 3.95. The maximum atomic E-state index is 10.2. The van der Waals surface area contributed by atoms with Gasteiger partial charge in [0.05, 0.1) is 0 Å². The van der Waals surface area contributed by atoms with Gasteiger partial charge in [-0.25, -0.2) is 0 Å². The summed E-state index contributed by atoms with van der Waals surface area (Å²) in [5, 5.41) is 5.31. The summed E-state index contributed by atoms with van der Waals surface area (Å²) in [6.45, 7) is -0.118. The highest BCUT2D eigenvalue weighted by molar-refractivity contribution is 5.77. The van der Waals surface area contributed by atoms with Crippen LogP contribution in [0.5, 0.6) is 0 Å². The Hall–Kier alpha value is -1.22. The third-order valence-corrected chi connectivity index (χ3v) is 0.556. The molecule has 0 spiro atoms. The highest BCUT2D eigenvalue weighted by atomic mass is 16.1. The molecule has 8 heavy (non-hydrogen) atoms. The zero-order valence-corrected chi connectivity index (χ0v) is 4.46. The standard InChI is InChI=1S/C3H6N4O/c1-5-3(8)2-6-7-4/h2H2,1H3,(H,5,8). The van der Waals surface area contributed by atoms with Crippen LogP contribution < -0.4 is 5.32 Å². The third-order valence-electron chi connectivity index (χ3n) is 0.556. The summed E-state index contributed by atoms with van der Waals surface area (Å²) in [5.41, 5.74) is 7.69. The number of azide groups is 1. The molecule has 5 heteroatoms. The van der Waals surface area contributed by atoms with Gasteiger partial charge in [0.2, 0.25) is 5.91 Å². The lowest BCUT2D eigenvalue weighted by Gasteiger charge is -1.87. The van der Waals surface area contributed by atoms with E-state index in [1.54, 1.807) is 0 Å². The van der Waals surface area contributed by atoms with E-state index in [1.165, 1.54) is 7.05 Å². The molecule has 0 unspecified atom stereocenters. The topological polar surface area (TPSA) is 77.9 Å². The van der Waals surface area contributed by atoms with Gasteiger partial charge in [-0.05, 0) is 5.53 Å².